The van der Waals surface area contributed by atoms with Crippen LogP contribution in [0, 0.1) is 0 Å². The van der Waals surface area contributed by atoms with Gasteiger partial charge in [0.25, 0.3) is 0 Å². The van der Waals surface area contributed by atoms with Crippen molar-refractivity contribution in [1.82, 2.24) is 0 Å². The van der Waals surface area contributed by atoms with Crippen LogP contribution in [0.1, 0.15) is 103 Å². The van der Waals surface area contributed by atoms with E-state index in [1.165, 1.54) is 0 Å². The van der Waals surface area contributed by atoms with E-state index in [2.05, 4.69) is 96.7 Å². The fourth-order valence-electron chi connectivity index (χ4n) is 19.1. The lowest BCUT2D eigenvalue weighted by atomic mass is 10.4. The molecule has 9 rings (SSSR count). The molecule has 0 amide bonds. The molecule has 9 aliphatic rings. The van der Waals surface area contributed by atoms with Crippen LogP contribution in [-0.4, -0.2) is 56.9 Å². The summed E-state index contributed by atoms with van der Waals surface area (Å²) in [6.07, 6.45) is 29.1. The van der Waals surface area contributed by atoms with Crippen LogP contribution in [0.2, 0.25) is 96.7 Å². The predicted octanol–water partition coefficient (Wildman–Crippen LogP) is 10.6. The zero-order valence-electron chi connectivity index (χ0n) is 26.6. The summed E-state index contributed by atoms with van der Waals surface area (Å²) in [5, 5.41) is 0. The SMILES string of the molecule is C1CC[Si]2(C1)[Si]1(CCCC1)[Si]1(CCCC1)[Si]1(CCCC1)[Si]1(CCCC1)[Si]1(CCCC1)[Si]1(CCCC1)[Si]21CCCC1. The second-order valence-electron chi connectivity index (χ2n) is 18.3. The van der Waals surface area contributed by atoms with Crippen LogP contribution in [0.5, 0.6) is 0 Å². The Labute approximate surface area is 254 Å². The number of fused-ring (bicyclic) bond motifs is 8. The Kier molecular flexibility index (Phi) is 6.74. The summed E-state index contributed by atoms with van der Waals surface area (Å²) >= 11 is 0. The maximum Gasteiger partial charge on any atom is 0.0377 e. The van der Waals surface area contributed by atoms with Gasteiger partial charge >= 0.3 is 0 Å². The molecule has 0 atom stereocenters. The lowest BCUT2D eigenvalue weighted by molar-refractivity contribution is 0.935. The summed E-state index contributed by atoms with van der Waals surface area (Å²) in [5.74, 6) is 0. The van der Waals surface area contributed by atoms with Gasteiger partial charge in [-0.25, -0.2) is 0 Å². The molecule has 0 bridgehead atoms. The Morgan fingerprint density at radius 2 is 0.200 bits per heavy atom. The molecule has 0 aromatic rings. The highest BCUT2D eigenvalue weighted by Gasteiger charge is 2.89. The van der Waals surface area contributed by atoms with Crippen molar-refractivity contribution in [3.63, 3.8) is 0 Å². The Hall–Kier alpha value is 1.74. The van der Waals surface area contributed by atoms with Crippen LogP contribution in [0.15, 0.2) is 0 Å². The van der Waals surface area contributed by atoms with Gasteiger partial charge in [0.2, 0.25) is 0 Å². The second kappa shape index (κ2) is 9.63. The van der Waals surface area contributed by atoms with E-state index in [0.29, 0.717) is 0 Å². The molecule has 40 heavy (non-hydrogen) atoms. The van der Waals surface area contributed by atoms with E-state index < -0.39 is 56.9 Å². The molecule has 9 heterocycles. The molecule has 9 fully saturated rings. The molecule has 224 valence electrons. The van der Waals surface area contributed by atoms with Crippen molar-refractivity contribution in [2.45, 2.75) is 199 Å². The molecule has 0 N–H and O–H groups in total. The maximum absolute atomic E-state index is 2.07. The first-order chi connectivity index (χ1) is 19.7. The predicted molar refractivity (Wildman–Crippen MR) is 197 cm³/mol. The molecule has 0 saturated carbocycles. The van der Waals surface area contributed by atoms with Crippen molar-refractivity contribution < 1.29 is 0 Å². The molecule has 0 unspecified atom stereocenters. The quantitative estimate of drug-likeness (QED) is 0.225. The number of rotatable bonds is 0. The molecule has 8 heteroatoms. The summed E-state index contributed by atoms with van der Waals surface area (Å²) in [5.41, 5.74) is 0. The standard InChI is InChI=1S/C32H64Si8/c1-2-18-33(17-1)34(19-3-4-20-34)36(23-7-8-24-36)38(27-11-12-28-38)40(31-15-16-32-40)39(29-13-14-30-39)37(25-9-10-26-37)35(33)21-5-6-22-35/h1-32H2. The van der Waals surface area contributed by atoms with Gasteiger partial charge in [-0.2, -0.15) is 0 Å². The third kappa shape index (κ3) is 2.81. The van der Waals surface area contributed by atoms with Gasteiger partial charge in [-0.1, -0.05) is 199 Å². The van der Waals surface area contributed by atoms with Crippen LogP contribution < -0.4 is 0 Å². The van der Waals surface area contributed by atoms with Crippen molar-refractivity contribution in [3.8, 4) is 0 Å². The smallest absolute Gasteiger partial charge is 0.0377 e. The highest BCUT2D eigenvalue weighted by molar-refractivity contribution is 8.15. The fraction of sp³-hybridized carbons (Fsp3) is 1.00. The van der Waals surface area contributed by atoms with Gasteiger partial charge in [-0.15, -0.1) is 0 Å². The normalized spacial score (nSPS) is 38.4. The Morgan fingerprint density at radius 3 is 0.275 bits per heavy atom. The second-order valence-corrected chi connectivity index (χ2v) is 102. The molecule has 9 saturated heterocycles. The van der Waals surface area contributed by atoms with Gasteiger partial charge in [-0.05, 0) is 0 Å². The summed E-state index contributed by atoms with van der Waals surface area (Å²) in [7, 11) is -8.58. The van der Waals surface area contributed by atoms with Gasteiger partial charge in [0.15, 0.2) is 0 Å². The first-order valence-electron chi connectivity index (χ1n) is 19.7. The van der Waals surface area contributed by atoms with Crippen LogP contribution >= 0.6 is 0 Å². The van der Waals surface area contributed by atoms with Crippen LogP contribution in [0.25, 0.3) is 0 Å². The third-order valence-electron chi connectivity index (χ3n) is 19.0. The molecule has 0 aromatic heterocycles. The Bertz CT molecular complexity index is 704. The molecule has 0 nitrogen and oxygen atoms in total. The number of hydrogen-bond acceptors (Lipinski definition) is 0. The van der Waals surface area contributed by atoms with Crippen LogP contribution in [-0.2, 0) is 0 Å². The first-order valence-corrected chi connectivity index (χ1v) is 47.0. The van der Waals surface area contributed by atoms with Crippen molar-refractivity contribution in [1.29, 1.82) is 0 Å². The lowest BCUT2D eigenvalue weighted by Gasteiger charge is -2.78. The highest BCUT2D eigenvalue weighted by Crippen LogP contribution is 2.73. The van der Waals surface area contributed by atoms with Gasteiger partial charge in [-0.3, -0.25) is 0 Å². The molecular weight excluding hydrogens is 609 g/mol. The zero-order valence-corrected chi connectivity index (χ0v) is 34.6. The molecule has 0 aromatic carbocycles. The highest BCUT2D eigenvalue weighted by atomic mass is 30.2. The molecule has 0 radical (unpaired) electrons. The van der Waals surface area contributed by atoms with Gasteiger partial charge in [0.1, 0.15) is 0 Å². The minimum absolute atomic E-state index is 1.07. The minimum Gasteiger partial charge on any atom is -0.0612 e. The van der Waals surface area contributed by atoms with Crippen LogP contribution in [0.3, 0.4) is 0 Å². The summed E-state index contributed by atoms with van der Waals surface area (Å²) in [6.45, 7) is 0. The van der Waals surface area contributed by atoms with E-state index in [-0.39, 0.29) is 0 Å². The average molecular weight is 674 g/mol. The van der Waals surface area contributed by atoms with Gasteiger partial charge < -0.3 is 0 Å². The van der Waals surface area contributed by atoms with E-state index in [1.807, 2.05) is 103 Å². The lowest BCUT2D eigenvalue weighted by Crippen LogP contribution is -3.04. The summed E-state index contributed by atoms with van der Waals surface area (Å²) < 4.78 is 0. The van der Waals surface area contributed by atoms with Crippen molar-refractivity contribution in [2.24, 2.45) is 0 Å². The minimum atomic E-state index is -1.07. The fourth-order valence-corrected chi connectivity index (χ4v) is 375. The van der Waals surface area contributed by atoms with Crippen LogP contribution in [0.4, 0.5) is 0 Å². The van der Waals surface area contributed by atoms with E-state index in [4.69, 9.17) is 0 Å². The molecule has 9 aliphatic heterocycles. The van der Waals surface area contributed by atoms with Gasteiger partial charge in [0.05, 0.1) is 0 Å². The van der Waals surface area contributed by atoms with E-state index in [0.717, 1.165) is 0 Å². The maximum atomic E-state index is 2.07. The average Bonchev–Trinajstić information content (AvgIpc) is 3.84. The monoisotopic (exact) mass is 672 g/mol. The zero-order chi connectivity index (χ0) is 26.6. The third-order valence-corrected chi connectivity index (χ3v) is 208. The largest absolute Gasteiger partial charge is 0.0612 e. The molecule has 8 spiro atoms. The Balaban J connectivity index is 1.45. The van der Waals surface area contributed by atoms with Gasteiger partial charge in [0, 0.05) is 56.9 Å². The summed E-state index contributed by atoms with van der Waals surface area (Å²) in [6, 6.07) is 33.1. The van der Waals surface area contributed by atoms with Crippen molar-refractivity contribution in [3.05, 3.63) is 0 Å². The van der Waals surface area contributed by atoms with E-state index in [1.54, 1.807) is 0 Å². The van der Waals surface area contributed by atoms with Crippen molar-refractivity contribution >= 4 is 56.9 Å². The van der Waals surface area contributed by atoms with E-state index >= 15 is 0 Å². The van der Waals surface area contributed by atoms with Crippen molar-refractivity contribution in [2.75, 3.05) is 0 Å². The Morgan fingerprint density at radius 1 is 0.125 bits per heavy atom. The summed E-state index contributed by atoms with van der Waals surface area (Å²) in [4.78, 5) is 0. The molecule has 0 aliphatic carbocycles. The van der Waals surface area contributed by atoms with E-state index in [9.17, 15) is 0 Å². The number of hydrogen-bond donors (Lipinski definition) is 0. The topological polar surface area (TPSA) is 0 Å². The molecular formula is C32H64Si8. The first kappa shape index (κ1) is 28.0.